The van der Waals surface area contributed by atoms with Gasteiger partial charge in [0, 0.05) is 11.8 Å². The number of carbonyl (C=O) groups excluding carboxylic acids is 1. The fraction of sp³-hybridized carbons (Fsp3) is 0.0455. The van der Waals surface area contributed by atoms with E-state index in [1.54, 1.807) is 24.3 Å². The largest absolute Gasteiger partial charge is 0.457 e. The lowest BCUT2D eigenvalue weighted by molar-refractivity contribution is -0.134. The maximum absolute atomic E-state index is 13.5. The van der Waals surface area contributed by atoms with E-state index < -0.39 is 22.8 Å². The first-order valence-electron chi connectivity index (χ1n) is 9.14. The van der Waals surface area contributed by atoms with Gasteiger partial charge in [0.05, 0.1) is 5.69 Å². The van der Waals surface area contributed by atoms with Gasteiger partial charge < -0.3 is 4.74 Å². The average Bonchev–Trinajstić information content (AvgIpc) is 3.21. The maximum Gasteiger partial charge on any atom is 0.427 e. The number of amides is 1. The number of anilines is 1. The average molecular weight is 459 g/mol. The number of pyridine rings is 1. The highest BCUT2D eigenvalue weighted by Gasteiger charge is 2.38. The SMILES string of the molecule is O=C(Nc1nc(-c2ccccn2)c(C(F)(F)F)s1)c1cccc(Oc2ccc(F)cc2)c1. The number of hydrogen-bond donors (Lipinski definition) is 1. The van der Waals surface area contributed by atoms with Gasteiger partial charge in [-0.15, -0.1) is 0 Å². The number of rotatable bonds is 5. The molecule has 0 aliphatic carbocycles. The molecule has 32 heavy (non-hydrogen) atoms. The molecule has 0 bridgehead atoms. The van der Waals surface area contributed by atoms with Crippen LogP contribution in [0.1, 0.15) is 15.2 Å². The van der Waals surface area contributed by atoms with Crippen LogP contribution >= 0.6 is 11.3 Å². The molecule has 0 aliphatic heterocycles. The van der Waals surface area contributed by atoms with E-state index in [0.29, 0.717) is 22.8 Å². The summed E-state index contributed by atoms with van der Waals surface area (Å²) in [5.74, 6) is -0.422. The number of alkyl halides is 3. The summed E-state index contributed by atoms with van der Waals surface area (Å²) in [6.07, 6.45) is -3.30. The molecule has 1 amide bonds. The molecule has 2 aromatic carbocycles. The number of ether oxygens (including phenoxy) is 1. The minimum absolute atomic E-state index is 0.0475. The van der Waals surface area contributed by atoms with Gasteiger partial charge in [0.2, 0.25) is 0 Å². The summed E-state index contributed by atoms with van der Waals surface area (Å²) in [4.78, 5) is 19.5. The van der Waals surface area contributed by atoms with Gasteiger partial charge >= 0.3 is 6.18 Å². The smallest absolute Gasteiger partial charge is 0.427 e. The Balaban J connectivity index is 1.56. The summed E-state index contributed by atoms with van der Waals surface area (Å²) >= 11 is 0.318. The highest BCUT2D eigenvalue weighted by Crippen LogP contribution is 2.42. The normalized spacial score (nSPS) is 11.2. The third kappa shape index (κ3) is 4.92. The molecule has 0 saturated heterocycles. The van der Waals surface area contributed by atoms with Gasteiger partial charge in [-0.05, 0) is 54.6 Å². The van der Waals surface area contributed by atoms with Crippen molar-refractivity contribution in [1.82, 2.24) is 9.97 Å². The van der Waals surface area contributed by atoms with Crippen LogP contribution in [0.15, 0.2) is 72.9 Å². The monoisotopic (exact) mass is 459 g/mol. The Morgan fingerprint density at radius 3 is 2.44 bits per heavy atom. The lowest BCUT2D eigenvalue weighted by Gasteiger charge is -2.07. The standard InChI is InChI=1S/C22H13F4N3O2S/c23-14-7-9-15(10-8-14)31-16-5-3-4-13(12-16)20(30)29-21-28-18(17-6-1-2-11-27-17)19(32-21)22(24,25)26/h1-12H,(H,28,29,30). The molecule has 0 spiro atoms. The number of benzene rings is 2. The predicted octanol–water partition coefficient (Wildman–Crippen LogP) is 6.41. The van der Waals surface area contributed by atoms with E-state index >= 15 is 0 Å². The van der Waals surface area contributed by atoms with E-state index in [0.717, 1.165) is 0 Å². The Bertz CT molecular complexity index is 1240. The number of carbonyl (C=O) groups is 1. The third-order valence-electron chi connectivity index (χ3n) is 4.16. The molecular weight excluding hydrogens is 446 g/mol. The molecule has 4 aromatic rings. The van der Waals surface area contributed by atoms with Crippen LogP contribution in [0.5, 0.6) is 11.5 Å². The minimum atomic E-state index is -4.66. The summed E-state index contributed by atoms with van der Waals surface area (Å²) in [5.41, 5.74) is -0.161. The van der Waals surface area contributed by atoms with Crippen molar-refractivity contribution in [2.45, 2.75) is 6.18 Å². The number of thiazole rings is 1. The molecule has 0 saturated carbocycles. The van der Waals surface area contributed by atoms with Gasteiger partial charge in [-0.3, -0.25) is 15.1 Å². The van der Waals surface area contributed by atoms with Crippen LogP contribution in [-0.2, 0) is 6.18 Å². The minimum Gasteiger partial charge on any atom is -0.457 e. The van der Waals surface area contributed by atoms with Crippen molar-refractivity contribution in [2.75, 3.05) is 5.32 Å². The summed E-state index contributed by atoms with van der Waals surface area (Å²) in [6.45, 7) is 0. The lowest BCUT2D eigenvalue weighted by Crippen LogP contribution is -2.11. The molecule has 0 aliphatic rings. The van der Waals surface area contributed by atoms with Crippen LogP contribution in [0.4, 0.5) is 22.7 Å². The van der Waals surface area contributed by atoms with Crippen LogP contribution in [-0.4, -0.2) is 15.9 Å². The topological polar surface area (TPSA) is 64.1 Å². The molecule has 0 fully saturated rings. The van der Waals surface area contributed by atoms with Crippen molar-refractivity contribution < 1.29 is 27.1 Å². The highest BCUT2D eigenvalue weighted by atomic mass is 32.1. The van der Waals surface area contributed by atoms with E-state index in [2.05, 4.69) is 15.3 Å². The van der Waals surface area contributed by atoms with Gasteiger partial charge in [-0.2, -0.15) is 13.2 Å². The van der Waals surface area contributed by atoms with Gasteiger partial charge in [-0.25, -0.2) is 9.37 Å². The van der Waals surface area contributed by atoms with E-state index in [1.807, 2.05) is 0 Å². The Kier molecular flexibility index (Phi) is 5.87. The molecule has 10 heteroatoms. The quantitative estimate of drug-likeness (QED) is 0.351. The summed E-state index contributed by atoms with van der Waals surface area (Å²) in [7, 11) is 0. The van der Waals surface area contributed by atoms with Crippen molar-refractivity contribution in [3.8, 4) is 22.9 Å². The number of halogens is 4. The zero-order valence-corrected chi connectivity index (χ0v) is 16.9. The first kappa shape index (κ1) is 21.4. The molecule has 0 unspecified atom stereocenters. The van der Waals surface area contributed by atoms with Crippen LogP contribution in [0, 0.1) is 5.82 Å². The van der Waals surface area contributed by atoms with Gasteiger partial charge in [0.25, 0.3) is 5.91 Å². The number of nitrogens with one attached hydrogen (secondary N) is 1. The third-order valence-corrected chi connectivity index (χ3v) is 5.17. The van der Waals surface area contributed by atoms with Crippen molar-refractivity contribution in [3.63, 3.8) is 0 Å². The van der Waals surface area contributed by atoms with Crippen molar-refractivity contribution in [1.29, 1.82) is 0 Å². The van der Waals surface area contributed by atoms with E-state index in [-0.39, 0.29) is 22.1 Å². The molecule has 5 nitrogen and oxygen atoms in total. The molecule has 2 aromatic heterocycles. The second-order valence-electron chi connectivity index (χ2n) is 6.45. The number of nitrogens with zero attached hydrogens (tertiary/aromatic N) is 2. The highest BCUT2D eigenvalue weighted by molar-refractivity contribution is 7.16. The molecule has 0 atom stereocenters. The fourth-order valence-electron chi connectivity index (χ4n) is 2.75. The van der Waals surface area contributed by atoms with Crippen molar-refractivity contribution in [2.24, 2.45) is 0 Å². The van der Waals surface area contributed by atoms with Gasteiger partial charge in [-0.1, -0.05) is 23.5 Å². The zero-order valence-electron chi connectivity index (χ0n) is 16.1. The van der Waals surface area contributed by atoms with Gasteiger partial charge in [0.1, 0.15) is 27.9 Å². The first-order valence-corrected chi connectivity index (χ1v) is 9.95. The van der Waals surface area contributed by atoms with Crippen LogP contribution in [0.3, 0.4) is 0 Å². The maximum atomic E-state index is 13.5. The van der Waals surface area contributed by atoms with Crippen LogP contribution < -0.4 is 10.1 Å². The Labute approximate surface area is 183 Å². The molecule has 1 N–H and O–H groups in total. The van der Waals surface area contributed by atoms with Crippen LogP contribution in [0.2, 0.25) is 0 Å². The summed E-state index contributed by atoms with van der Waals surface area (Å²) in [6, 6.07) is 15.9. The fourth-order valence-corrected chi connectivity index (χ4v) is 3.59. The molecule has 0 radical (unpaired) electrons. The molecule has 162 valence electrons. The van der Waals surface area contributed by atoms with Crippen molar-refractivity contribution >= 4 is 22.4 Å². The van der Waals surface area contributed by atoms with Crippen LogP contribution in [0.25, 0.3) is 11.4 Å². The van der Waals surface area contributed by atoms with E-state index in [4.69, 9.17) is 4.74 Å². The van der Waals surface area contributed by atoms with E-state index in [1.165, 1.54) is 48.7 Å². The second-order valence-corrected chi connectivity index (χ2v) is 7.45. The first-order chi connectivity index (χ1) is 15.3. The number of hydrogen-bond acceptors (Lipinski definition) is 5. The predicted molar refractivity (Wildman–Crippen MR) is 111 cm³/mol. The molecule has 2 heterocycles. The van der Waals surface area contributed by atoms with E-state index in [9.17, 15) is 22.4 Å². The lowest BCUT2D eigenvalue weighted by atomic mass is 10.2. The zero-order chi connectivity index (χ0) is 22.7. The second kappa shape index (κ2) is 8.75. The summed E-state index contributed by atoms with van der Waals surface area (Å²) < 4.78 is 59.1. The van der Waals surface area contributed by atoms with Crippen molar-refractivity contribution in [3.05, 3.63) is 89.2 Å². The molecule has 4 rings (SSSR count). The Morgan fingerprint density at radius 1 is 0.969 bits per heavy atom. The Hall–Kier alpha value is -3.79. The Morgan fingerprint density at radius 2 is 1.75 bits per heavy atom. The molecular formula is C22H13F4N3O2S. The summed E-state index contributed by atoms with van der Waals surface area (Å²) in [5, 5.41) is 2.18. The van der Waals surface area contributed by atoms with Gasteiger partial charge in [0.15, 0.2) is 5.13 Å². The number of aromatic nitrogens is 2.